The van der Waals surface area contributed by atoms with Gasteiger partial charge in [-0.15, -0.1) is 11.8 Å². The summed E-state index contributed by atoms with van der Waals surface area (Å²) in [4.78, 5) is 11.9. The van der Waals surface area contributed by atoms with E-state index in [9.17, 15) is 13.2 Å². The minimum atomic E-state index is -3.52. The number of rotatable bonds is 7. The first-order valence-electron chi connectivity index (χ1n) is 7.20. The van der Waals surface area contributed by atoms with Gasteiger partial charge in [-0.3, -0.25) is 4.79 Å². The van der Waals surface area contributed by atoms with Crippen LogP contribution in [0.1, 0.15) is 0 Å². The van der Waals surface area contributed by atoms with Gasteiger partial charge in [0.15, 0.2) is 0 Å². The zero-order valence-corrected chi connectivity index (χ0v) is 14.2. The summed E-state index contributed by atoms with van der Waals surface area (Å²) in [5.41, 5.74) is 0.542. The van der Waals surface area contributed by atoms with Crippen molar-refractivity contribution in [3.63, 3.8) is 0 Å². The molecule has 0 spiro atoms. The molecular weight excluding hydrogens is 340 g/mol. The summed E-state index contributed by atoms with van der Waals surface area (Å²) in [6.07, 6.45) is 0. The van der Waals surface area contributed by atoms with Gasteiger partial charge in [-0.25, -0.2) is 8.42 Å². The van der Waals surface area contributed by atoms with Crippen molar-refractivity contribution in [1.82, 2.24) is 4.31 Å². The normalized spacial score (nSPS) is 16.2. The molecule has 7 nitrogen and oxygen atoms in total. The molecule has 1 heterocycles. The molecule has 23 heavy (non-hydrogen) atoms. The van der Waals surface area contributed by atoms with Crippen LogP contribution in [0, 0.1) is 0 Å². The molecule has 2 rings (SSSR count). The summed E-state index contributed by atoms with van der Waals surface area (Å²) in [6.45, 7) is 1.54. The molecule has 1 aromatic carbocycles. The lowest BCUT2D eigenvalue weighted by molar-refractivity contribution is -0.113. The van der Waals surface area contributed by atoms with Gasteiger partial charge in [0.1, 0.15) is 0 Å². The zero-order chi connectivity index (χ0) is 16.7. The first-order valence-corrected chi connectivity index (χ1v) is 9.80. The number of morpholine rings is 1. The molecule has 9 heteroatoms. The van der Waals surface area contributed by atoms with Gasteiger partial charge in [0.2, 0.25) is 15.9 Å². The molecule has 1 fully saturated rings. The van der Waals surface area contributed by atoms with Crippen LogP contribution < -0.4 is 5.32 Å². The maximum atomic E-state index is 12.5. The number of thioether (sulfide) groups is 1. The van der Waals surface area contributed by atoms with E-state index in [1.807, 2.05) is 0 Å². The number of nitrogens with one attached hydrogen (secondary N) is 1. The Morgan fingerprint density at radius 3 is 2.52 bits per heavy atom. The van der Waals surface area contributed by atoms with E-state index >= 15 is 0 Å². The number of anilines is 1. The zero-order valence-electron chi connectivity index (χ0n) is 12.6. The second-order valence-corrected chi connectivity index (χ2v) is 7.91. The minimum absolute atomic E-state index is 0.0338. The lowest BCUT2D eigenvalue weighted by atomic mass is 10.3. The Balaban J connectivity index is 1.97. The van der Waals surface area contributed by atoms with E-state index in [-0.39, 0.29) is 23.2 Å². The van der Waals surface area contributed by atoms with E-state index in [1.165, 1.54) is 28.2 Å². The Labute approximate surface area is 140 Å². The molecule has 0 unspecified atom stereocenters. The molecule has 0 atom stereocenters. The number of aliphatic hydroxyl groups is 1. The lowest BCUT2D eigenvalue weighted by Gasteiger charge is -2.26. The molecule has 1 saturated heterocycles. The third kappa shape index (κ3) is 5.18. The first kappa shape index (κ1) is 18.2. The second kappa shape index (κ2) is 8.65. The highest BCUT2D eigenvalue weighted by molar-refractivity contribution is 7.99. The molecule has 1 aliphatic rings. The molecule has 0 aliphatic carbocycles. The molecule has 0 saturated carbocycles. The van der Waals surface area contributed by atoms with Crippen molar-refractivity contribution < 1.29 is 23.1 Å². The molecule has 1 aromatic rings. The van der Waals surface area contributed by atoms with Gasteiger partial charge in [-0.05, 0) is 24.3 Å². The summed E-state index contributed by atoms with van der Waals surface area (Å²) in [6, 6.07) is 6.12. The molecule has 0 bridgehead atoms. The maximum absolute atomic E-state index is 12.5. The average molecular weight is 360 g/mol. The molecule has 1 aliphatic heterocycles. The first-order chi connectivity index (χ1) is 11.0. The van der Waals surface area contributed by atoms with Crippen molar-refractivity contribution >= 4 is 33.4 Å². The van der Waals surface area contributed by atoms with E-state index in [2.05, 4.69) is 5.32 Å². The molecular formula is C14H20N2O5S2. The monoisotopic (exact) mass is 360 g/mol. The smallest absolute Gasteiger partial charge is 0.243 e. The summed E-state index contributed by atoms with van der Waals surface area (Å²) >= 11 is 1.33. The van der Waals surface area contributed by atoms with Crippen LogP contribution >= 0.6 is 11.8 Å². The van der Waals surface area contributed by atoms with Crippen LogP contribution in [0.25, 0.3) is 0 Å². The molecule has 1 amide bonds. The molecule has 2 N–H and O–H groups in total. The SMILES string of the molecule is O=C(CSCCO)Nc1ccc(S(=O)(=O)N2CCOCC2)cc1. The van der Waals surface area contributed by atoms with E-state index in [4.69, 9.17) is 9.84 Å². The number of sulfonamides is 1. The highest BCUT2D eigenvalue weighted by atomic mass is 32.2. The van der Waals surface area contributed by atoms with Gasteiger partial charge in [0.25, 0.3) is 0 Å². The van der Waals surface area contributed by atoms with Crippen LogP contribution in [-0.4, -0.2) is 68.2 Å². The van der Waals surface area contributed by atoms with Crippen LogP contribution in [0.2, 0.25) is 0 Å². The number of carbonyl (C=O) groups is 1. The van der Waals surface area contributed by atoms with E-state index in [0.29, 0.717) is 37.7 Å². The third-order valence-electron chi connectivity index (χ3n) is 3.21. The maximum Gasteiger partial charge on any atom is 0.243 e. The Kier molecular flexibility index (Phi) is 6.85. The second-order valence-electron chi connectivity index (χ2n) is 4.87. The van der Waals surface area contributed by atoms with Crippen LogP contribution in [0.5, 0.6) is 0 Å². The van der Waals surface area contributed by atoms with Gasteiger partial charge in [-0.1, -0.05) is 0 Å². The number of nitrogens with zero attached hydrogens (tertiary/aromatic N) is 1. The van der Waals surface area contributed by atoms with Crippen LogP contribution in [0.4, 0.5) is 5.69 Å². The van der Waals surface area contributed by atoms with Crippen molar-refractivity contribution in [2.75, 3.05) is 49.7 Å². The summed E-state index contributed by atoms with van der Waals surface area (Å²) in [5, 5.41) is 11.4. The summed E-state index contributed by atoms with van der Waals surface area (Å²) in [5.74, 6) is 0.561. The number of benzene rings is 1. The van der Waals surface area contributed by atoms with Crippen LogP contribution in [0.15, 0.2) is 29.2 Å². The van der Waals surface area contributed by atoms with Crippen LogP contribution in [-0.2, 0) is 19.6 Å². The summed E-state index contributed by atoms with van der Waals surface area (Å²) < 4.78 is 31.5. The minimum Gasteiger partial charge on any atom is -0.396 e. The fraction of sp³-hybridized carbons (Fsp3) is 0.500. The van der Waals surface area contributed by atoms with Crippen LogP contribution in [0.3, 0.4) is 0 Å². The van der Waals surface area contributed by atoms with E-state index in [1.54, 1.807) is 12.1 Å². The lowest BCUT2D eigenvalue weighted by Crippen LogP contribution is -2.40. The molecule has 0 aromatic heterocycles. The number of amides is 1. The Hall–Kier alpha value is -1.13. The highest BCUT2D eigenvalue weighted by Gasteiger charge is 2.26. The Morgan fingerprint density at radius 2 is 1.91 bits per heavy atom. The predicted molar refractivity (Wildman–Crippen MR) is 89.1 cm³/mol. The van der Waals surface area contributed by atoms with Gasteiger partial charge in [-0.2, -0.15) is 4.31 Å². The topological polar surface area (TPSA) is 95.9 Å². The van der Waals surface area contributed by atoms with E-state index in [0.717, 1.165) is 0 Å². The largest absolute Gasteiger partial charge is 0.396 e. The average Bonchev–Trinajstić information content (AvgIpc) is 2.56. The highest BCUT2D eigenvalue weighted by Crippen LogP contribution is 2.19. The number of hydrogen-bond acceptors (Lipinski definition) is 6. The fourth-order valence-electron chi connectivity index (χ4n) is 2.07. The Bertz CT molecular complexity index is 613. The summed E-state index contributed by atoms with van der Waals surface area (Å²) in [7, 11) is -3.52. The standard InChI is InChI=1S/C14H20N2O5S2/c17-7-10-22-11-14(18)15-12-1-3-13(4-2-12)23(19,20)16-5-8-21-9-6-16/h1-4,17H,5-11H2,(H,15,18). The van der Waals surface area contributed by atoms with Gasteiger partial charge in [0.05, 0.1) is 30.5 Å². The number of hydrogen-bond donors (Lipinski definition) is 2. The van der Waals surface area contributed by atoms with Gasteiger partial charge < -0.3 is 15.2 Å². The van der Waals surface area contributed by atoms with Crippen molar-refractivity contribution in [1.29, 1.82) is 0 Å². The quantitative estimate of drug-likeness (QED) is 0.682. The Morgan fingerprint density at radius 1 is 1.26 bits per heavy atom. The number of aliphatic hydroxyl groups excluding tert-OH is 1. The van der Waals surface area contributed by atoms with Crippen molar-refractivity contribution in [2.24, 2.45) is 0 Å². The van der Waals surface area contributed by atoms with Gasteiger partial charge >= 0.3 is 0 Å². The van der Waals surface area contributed by atoms with Crippen molar-refractivity contribution in [2.45, 2.75) is 4.90 Å². The molecule has 128 valence electrons. The van der Waals surface area contributed by atoms with Crippen molar-refractivity contribution in [3.05, 3.63) is 24.3 Å². The van der Waals surface area contributed by atoms with Gasteiger partial charge in [0, 0.05) is 24.5 Å². The van der Waals surface area contributed by atoms with E-state index < -0.39 is 10.0 Å². The predicted octanol–water partition coefficient (Wildman–Crippen LogP) is 0.371. The number of carbonyl (C=O) groups excluding carboxylic acids is 1. The molecule has 0 radical (unpaired) electrons. The number of ether oxygens (including phenoxy) is 1. The third-order valence-corrected chi connectivity index (χ3v) is 6.07. The fourth-order valence-corrected chi connectivity index (χ4v) is 4.01. The van der Waals surface area contributed by atoms with Crippen molar-refractivity contribution in [3.8, 4) is 0 Å².